The molecule has 0 aliphatic rings. The Morgan fingerprint density at radius 1 is 1.20 bits per heavy atom. The number of halogens is 2. The van der Waals surface area contributed by atoms with E-state index >= 15 is 0 Å². The minimum absolute atomic E-state index is 0.0806. The van der Waals surface area contributed by atoms with Crippen LogP contribution >= 0.6 is 0 Å². The molecule has 1 atom stereocenters. The molecule has 1 heterocycles. The third-order valence-corrected chi connectivity index (χ3v) is 4.10. The summed E-state index contributed by atoms with van der Waals surface area (Å²) in [6.07, 6.45) is -2.80. The van der Waals surface area contributed by atoms with Gasteiger partial charge in [0.25, 0.3) is 6.43 Å². The first kappa shape index (κ1) is 18.2. The van der Waals surface area contributed by atoms with Gasteiger partial charge in [0.05, 0.1) is 29.1 Å². The van der Waals surface area contributed by atoms with Gasteiger partial charge in [-0.25, -0.2) is 8.78 Å². The van der Waals surface area contributed by atoms with Gasteiger partial charge in [0.2, 0.25) is 0 Å². The van der Waals surface area contributed by atoms with Crippen LogP contribution in [-0.4, -0.2) is 16.6 Å². The Balaban J connectivity index is 2.81. The van der Waals surface area contributed by atoms with Crippen molar-refractivity contribution in [1.29, 1.82) is 10.5 Å². The summed E-state index contributed by atoms with van der Waals surface area (Å²) < 4.78 is 26.4. The lowest BCUT2D eigenvalue weighted by atomic mass is 9.82. The molecular formula is C18H17F2N5. The molecule has 0 aliphatic heterocycles. The van der Waals surface area contributed by atoms with Crippen LogP contribution < -0.4 is 5.73 Å². The van der Waals surface area contributed by atoms with E-state index in [1.807, 2.05) is 19.1 Å². The van der Waals surface area contributed by atoms with Gasteiger partial charge in [-0.2, -0.15) is 15.6 Å². The Morgan fingerprint density at radius 2 is 1.84 bits per heavy atom. The molecule has 2 aromatic rings. The molecule has 5 nitrogen and oxygen atoms in total. The maximum absolute atomic E-state index is 13.2. The number of aromatic amines is 1. The lowest BCUT2D eigenvalue weighted by Crippen LogP contribution is -2.13. The van der Waals surface area contributed by atoms with Crippen molar-refractivity contribution in [1.82, 2.24) is 10.2 Å². The number of hydrogen-bond acceptors (Lipinski definition) is 4. The smallest absolute Gasteiger partial charge is 0.260 e. The second-order valence-corrected chi connectivity index (χ2v) is 5.78. The van der Waals surface area contributed by atoms with E-state index in [-0.39, 0.29) is 22.4 Å². The number of nitrogens with two attached hydrogens (primary N) is 1. The number of H-pyrrole nitrogens is 1. The Bertz CT molecular complexity index is 950. The third-order valence-electron chi connectivity index (χ3n) is 4.10. The maximum atomic E-state index is 13.2. The SMILES string of the molecule is C/C(=C(/C#N)C(/C(C#N)=C(/C)N)c1ccc2n[nH]c(C)c2c1)C(F)F. The van der Waals surface area contributed by atoms with Gasteiger partial charge in [0.15, 0.2) is 0 Å². The van der Waals surface area contributed by atoms with Crippen LogP contribution in [0, 0.1) is 29.6 Å². The van der Waals surface area contributed by atoms with Crippen LogP contribution in [0.1, 0.15) is 31.0 Å². The molecule has 0 bridgehead atoms. The highest BCUT2D eigenvalue weighted by Gasteiger charge is 2.27. The van der Waals surface area contributed by atoms with Gasteiger partial charge in [-0.15, -0.1) is 0 Å². The molecule has 0 radical (unpaired) electrons. The molecule has 0 saturated carbocycles. The van der Waals surface area contributed by atoms with Crippen molar-refractivity contribution in [2.24, 2.45) is 5.73 Å². The first-order valence-electron chi connectivity index (χ1n) is 7.51. The summed E-state index contributed by atoms with van der Waals surface area (Å²) in [5.74, 6) is -0.951. The minimum Gasteiger partial charge on any atom is -0.401 e. The number of nitriles is 2. The summed E-state index contributed by atoms with van der Waals surface area (Å²) in [6, 6.07) is 8.94. The summed E-state index contributed by atoms with van der Waals surface area (Å²) in [7, 11) is 0. The second-order valence-electron chi connectivity index (χ2n) is 5.78. The third kappa shape index (κ3) is 3.36. The summed E-state index contributed by atoms with van der Waals surface area (Å²) in [4.78, 5) is 0. The number of fused-ring (bicyclic) bond motifs is 1. The van der Waals surface area contributed by atoms with E-state index in [4.69, 9.17) is 5.73 Å². The van der Waals surface area contributed by atoms with E-state index in [0.717, 1.165) is 11.1 Å². The number of rotatable bonds is 4. The predicted octanol–water partition coefficient (Wildman–Crippen LogP) is 3.82. The van der Waals surface area contributed by atoms with Crippen LogP contribution in [0.3, 0.4) is 0 Å². The molecule has 7 heteroatoms. The van der Waals surface area contributed by atoms with Crippen molar-refractivity contribution >= 4 is 10.9 Å². The van der Waals surface area contributed by atoms with Crippen LogP contribution in [0.15, 0.2) is 40.6 Å². The van der Waals surface area contributed by atoms with E-state index < -0.39 is 12.3 Å². The molecular weight excluding hydrogens is 324 g/mol. The van der Waals surface area contributed by atoms with Crippen molar-refractivity contribution < 1.29 is 8.78 Å². The molecule has 128 valence electrons. The van der Waals surface area contributed by atoms with Gasteiger partial charge < -0.3 is 5.73 Å². The molecule has 2 rings (SSSR count). The van der Waals surface area contributed by atoms with Crippen LogP contribution in [-0.2, 0) is 0 Å². The average Bonchev–Trinajstić information content (AvgIpc) is 2.94. The standard InChI is InChI=1S/C18H17F2N5/c1-9(18(19)20)14(7-21)17(15(8-22)10(2)23)12-4-5-16-13(6-12)11(3)24-25-16/h4-6,17-18H,23H2,1-3H3,(H,24,25)/b14-9+,15-10-. The molecule has 0 amide bonds. The molecule has 3 N–H and O–H groups in total. The normalized spacial score (nSPS) is 14.6. The van der Waals surface area contributed by atoms with E-state index in [0.29, 0.717) is 11.1 Å². The summed E-state index contributed by atoms with van der Waals surface area (Å²) in [5.41, 5.74) is 7.57. The molecule has 25 heavy (non-hydrogen) atoms. The topological polar surface area (TPSA) is 102 Å². The molecule has 0 spiro atoms. The summed E-state index contributed by atoms with van der Waals surface area (Å²) in [5, 5.41) is 26.8. The van der Waals surface area contributed by atoms with Crippen molar-refractivity contribution in [2.45, 2.75) is 33.1 Å². The average molecular weight is 341 g/mol. The number of allylic oxidation sites excluding steroid dienone is 4. The van der Waals surface area contributed by atoms with Gasteiger partial charge >= 0.3 is 0 Å². The van der Waals surface area contributed by atoms with E-state index in [1.165, 1.54) is 13.8 Å². The summed E-state index contributed by atoms with van der Waals surface area (Å²) >= 11 is 0. The molecule has 0 aliphatic carbocycles. The lowest BCUT2D eigenvalue weighted by Gasteiger charge is -2.19. The van der Waals surface area contributed by atoms with Crippen LogP contribution in [0.4, 0.5) is 8.78 Å². The molecule has 1 aromatic heterocycles. The van der Waals surface area contributed by atoms with Gasteiger partial charge in [-0.05, 0) is 38.5 Å². The molecule has 1 aromatic carbocycles. The Labute approximate surface area is 144 Å². The largest absolute Gasteiger partial charge is 0.401 e. The van der Waals surface area contributed by atoms with E-state index in [2.05, 4.69) is 10.2 Å². The Morgan fingerprint density at radius 3 is 2.36 bits per heavy atom. The van der Waals surface area contributed by atoms with Crippen molar-refractivity contribution in [3.05, 3.63) is 51.9 Å². The highest BCUT2D eigenvalue weighted by molar-refractivity contribution is 5.82. The molecule has 1 unspecified atom stereocenters. The number of hydrogen-bond donors (Lipinski definition) is 2. The lowest BCUT2D eigenvalue weighted by molar-refractivity contribution is 0.188. The highest BCUT2D eigenvalue weighted by Crippen LogP contribution is 2.36. The Hall–Kier alpha value is -3.19. The monoisotopic (exact) mass is 341 g/mol. The first-order chi connectivity index (χ1) is 11.8. The fraction of sp³-hybridized carbons (Fsp3) is 0.278. The van der Waals surface area contributed by atoms with Gasteiger partial charge in [-0.3, -0.25) is 5.10 Å². The van der Waals surface area contributed by atoms with Crippen LogP contribution in [0.25, 0.3) is 10.9 Å². The second kappa shape index (κ2) is 7.14. The van der Waals surface area contributed by atoms with Gasteiger partial charge in [0.1, 0.15) is 0 Å². The quantitative estimate of drug-likeness (QED) is 0.825. The van der Waals surface area contributed by atoms with Crippen LogP contribution in [0.5, 0.6) is 0 Å². The highest BCUT2D eigenvalue weighted by atomic mass is 19.3. The zero-order valence-electron chi connectivity index (χ0n) is 14.1. The Kier molecular flexibility index (Phi) is 5.19. The number of benzene rings is 1. The fourth-order valence-electron chi connectivity index (χ4n) is 2.69. The van der Waals surface area contributed by atoms with Gasteiger partial charge in [0, 0.05) is 27.9 Å². The summed E-state index contributed by atoms with van der Waals surface area (Å²) in [6.45, 7) is 4.54. The number of aryl methyl sites for hydroxylation is 1. The molecule has 0 fully saturated rings. The number of nitrogens with one attached hydrogen (secondary N) is 1. The predicted molar refractivity (Wildman–Crippen MR) is 90.4 cm³/mol. The van der Waals surface area contributed by atoms with E-state index in [9.17, 15) is 19.3 Å². The number of alkyl halides is 2. The fourth-order valence-corrected chi connectivity index (χ4v) is 2.69. The van der Waals surface area contributed by atoms with Crippen LogP contribution in [0.2, 0.25) is 0 Å². The maximum Gasteiger partial charge on any atom is 0.260 e. The zero-order chi connectivity index (χ0) is 18.7. The van der Waals surface area contributed by atoms with Crippen molar-refractivity contribution in [2.75, 3.05) is 0 Å². The number of aromatic nitrogens is 2. The zero-order valence-corrected chi connectivity index (χ0v) is 14.1. The van der Waals surface area contributed by atoms with Gasteiger partial charge in [-0.1, -0.05) is 6.07 Å². The van der Waals surface area contributed by atoms with Crippen molar-refractivity contribution in [3.8, 4) is 12.1 Å². The van der Waals surface area contributed by atoms with E-state index in [1.54, 1.807) is 18.2 Å². The minimum atomic E-state index is -2.80. The number of nitrogens with zero attached hydrogens (tertiary/aromatic N) is 3. The van der Waals surface area contributed by atoms with Crippen molar-refractivity contribution in [3.63, 3.8) is 0 Å². The first-order valence-corrected chi connectivity index (χ1v) is 7.51. The molecule has 0 saturated heterocycles.